The molecule has 0 atom stereocenters. The van der Waals surface area contributed by atoms with E-state index < -0.39 is 0 Å². The maximum atomic E-state index is 6.03. The van der Waals surface area contributed by atoms with Gasteiger partial charge in [0, 0.05) is 15.5 Å². The van der Waals surface area contributed by atoms with Crippen LogP contribution in [0.5, 0.6) is 0 Å². The third-order valence-electron chi connectivity index (χ3n) is 3.70. The summed E-state index contributed by atoms with van der Waals surface area (Å²) in [5, 5.41) is 4.32. The first-order chi connectivity index (χ1) is 9.22. The summed E-state index contributed by atoms with van der Waals surface area (Å²) in [5.74, 6) is 0.691. The third-order valence-corrected chi connectivity index (χ3v) is 4.62. The van der Waals surface area contributed by atoms with Crippen LogP contribution >= 0.6 is 27.5 Å². The zero-order valence-electron chi connectivity index (χ0n) is 10.4. The predicted molar refractivity (Wildman–Crippen MR) is 85.0 cm³/mol. The van der Waals surface area contributed by atoms with Crippen LogP contribution in [0.15, 0.2) is 53.0 Å². The van der Waals surface area contributed by atoms with Gasteiger partial charge in [-0.25, -0.2) is 0 Å². The van der Waals surface area contributed by atoms with E-state index in [1.165, 1.54) is 18.4 Å². The summed E-state index contributed by atoms with van der Waals surface area (Å²) in [5.41, 5.74) is 2.54. The molecule has 0 radical (unpaired) electrons. The number of benzene rings is 2. The Hall–Kier alpha value is -0.990. The number of anilines is 1. The Balaban J connectivity index is 1.61. The lowest BCUT2D eigenvalue weighted by molar-refractivity contribution is 0.374. The van der Waals surface area contributed by atoms with Gasteiger partial charge in [0.15, 0.2) is 0 Å². The SMILES string of the molecule is Clc1ccc(Br)c(NC2CC(c3ccccc3)C2)c1. The lowest BCUT2D eigenvalue weighted by Crippen LogP contribution is -2.34. The van der Waals surface area contributed by atoms with Gasteiger partial charge in [0.05, 0.1) is 5.69 Å². The van der Waals surface area contributed by atoms with Crippen molar-refractivity contribution < 1.29 is 0 Å². The van der Waals surface area contributed by atoms with Crippen molar-refractivity contribution in [3.63, 3.8) is 0 Å². The summed E-state index contributed by atoms with van der Waals surface area (Å²) in [4.78, 5) is 0. The summed E-state index contributed by atoms with van der Waals surface area (Å²) in [6.45, 7) is 0. The maximum Gasteiger partial charge on any atom is 0.0501 e. The van der Waals surface area contributed by atoms with Gasteiger partial charge in [-0.05, 0) is 58.5 Å². The van der Waals surface area contributed by atoms with E-state index in [1.807, 2.05) is 18.2 Å². The summed E-state index contributed by atoms with van der Waals surface area (Å²) >= 11 is 9.58. The fourth-order valence-electron chi connectivity index (χ4n) is 2.56. The van der Waals surface area contributed by atoms with Crippen molar-refractivity contribution in [2.24, 2.45) is 0 Å². The normalized spacial score (nSPS) is 21.8. The molecular weight excluding hydrogens is 322 g/mol. The first-order valence-electron chi connectivity index (χ1n) is 6.49. The van der Waals surface area contributed by atoms with Gasteiger partial charge in [-0.1, -0.05) is 41.9 Å². The number of hydrogen-bond donors (Lipinski definition) is 1. The second kappa shape index (κ2) is 5.56. The molecule has 1 fully saturated rings. The second-order valence-electron chi connectivity index (χ2n) is 5.04. The molecule has 0 aromatic heterocycles. The average Bonchev–Trinajstić information content (AvgIpc) is 2.38. The van der Waals surface area contributed by atoms with Crippen molar-refractivity contribution in [1.82, 2.24) is 0 Å². The van der Waals surface area contributed by atoms with Crippen LogP contribution in [-0.4, -0.2) is 6.04 Å². The Labute approximate surface area is 127 Å². The molecule has 1 aliphatic rings. The first-order valence-corrected chi connectivity index (χ1v) is 7.66. The van der Waals surface area contributed by atoms with Crippen LogP contribution in [0.4, 0.5) is 5.69 Å². The third kappa shape index (κ3) is 2.96. The highest BCUT2D eigenvalue weighted by Gasteiger charge is 2.30. The first kappa shape index (κ1) is 13.0. The van der Waals surface area contributed by atoms with Crippen LogP contribution in [0, 0.1) is 0 Å². The van der Waals surface area contributed by atoms with E-state index in [4.69, 9.17) is 11.6 Å². The van der Waals surface area contributed by atoms with E-state index in [2.05, 4.69) is 51.6 Å². The molecular formula is C16H15BrClN. The number of halogens is 2. The molecule has 3 rings (SSSR count). The molecule has 1 nitrogen and oxygen atoms in total. The average molecular weight is 337 g/mol. The maximum absolute atomic E-state index is 6.03. The van der Waals surface area contributed by atoms with E-state index in [0.29, 0.717) is 12.0 Å². The summed E-state index contributed by atoms with van der Waals surface area (Å²) in [6.07, 6.45) is 2.37. The molecule has 0 bridgehead atoms. The fourth-order valence-corrected chi connectivity index (χ4v) is 3.09. The van der Waals surface area contributed by atoms with Crippen LogP contribution in [0.3, 0.4) is 0 Å². The molecule has 98 valence electrons. The molecule has 19 heavy (non-hydrogen) atoms. The van der Waals surface area contributed by atoms with Crippen LogP contribution in [0.25, 0.3) is 0 Å². The largest absolute Gasteiger partial charge is 0.381 e. The van der Waals surface area contributed by atoms with E-state index in [9.17, 15) is 0 Å². The van der Waals surface area contributed by atoms with Gasteiger partial charge in [-0.15, -0.1) is 0 Å². The Morgan fingerprint density at radius 2 is 1.79 bits per heavy atom. The van der Waals surface area contributed by atoms with Crippen LogP contribution in [0.1, 0.15) is 24.3 Å². The minimum Gasteiger partial charge on any atom is -0.381 e. The van der Waals surface area contributed by atoms with E-state index in [1.54, 1.807) is 0 Å². The van der Waals surface area contributed by atoms with Crippen LogP contribution < -0.4 is 5.32 Å². The molecule has 2 aromatic carbocycles. The van der Waals surface area contributed by atoms with Crippen molar-refractivity contribution >= 4 is 33.2 Å². The van der Waals surface area contributed by atoms with E-state index in [0.717, 1.165) is 15.2 Å². The Bertz CT molecular complexity index is 564. The zero-order chi connectivity index (χ0) is 13.2. The minimum absolute atomic E-state index is 0.542. The molecule has 3 heteroatoms. The molecule has 1 aliphatic carbocycles. The van der Waals surface area contributed by atoms with Crippen molar-refractivity contribution in [2.75, 3.05) is 5.32 Å². The van der Waals surface area contributed by atoms with Gasteiger partial charge in [-0.3, -0.25) is 0 Å². The highest BCUT2D eigenvalue weighted by atomic mass is 79.9. The van der Waals surface area contributed by atoms with Gasteiger partial charge in [0.25, 0.3) is 0 Å². The number of hydrogen-bond acceptors (Lipinski definition) is 1. The quantitative estimate of drug-likeness (QED) is 0.784. The smallest absolute Gasteiger partial charge is 0.0501 e. The molecule has 2 aromatic rings. The molecule has 0 aliphatic heterocycles. The minimum atomic E-state index is 0.542. The Morgan fingerprint density at radius 3 is 2.53 bits per heavy atom. The van der Waals surface area contributed by atoms with Crippen molar-refractivity contribution in [1.29, 1.82) is 0 Å². The second-order valence-corrected chi connectivity index (χ2v) is 6.34. The Morgan fingerprint density at radius 1 is 1.05 bits per heavy atom. The highest BCUT2D eigenvalue weighted by molar-refractivity contribution is 9.10. The topological polar surface area (TPSA) is 12.0 Å². The van der Waals surface area contributed by atoms with Crippen molar-refractivity contribution in [3.8, 4) is 0 Å². The molecule has 0 unspecified atom stereocenters. The molecule has 0 amide bonds. The zero-order valence-corrected chi connectivity index (χ0v) is 12.8. The molecule has 0 saturated heterocycles. The number of rotatable bonds is 3. The standard InChI is InChI=1S/C16H15BrClN/c17-15-7-6-13(18)10-16(15)19-14-8-12(9-14)11-4-2-1-3-5-11/h1-7,10,12,14,19H,8-9H2. The summed E-state index contributed by atoms with van der Waals surface area (Å²) < 4.78 is 1.07. The Kier molecular flexibility index (Phi) is 3.81. The van der Waals surface area contributed by atoms with Crippen molar-refractivity contribution in [3.05, 3.63) is 63.6 Å². The van der Waals surface area contributed by atoms with Gasteiger partial charge < -0.3 is 5.32 Å². The van der Waals surface area contributed by atoms with Gasteiger partial charge in [0.2, 0.25) is 0 Å². The van der Waals surface area contributed by atoms with Gasteiger partial charge >= 0.3 is 0 Å². The number of nitrogens with one attached hydrogen (secondary N) is 1. The molecule has 1 N–H and O–H groups in total. The van der Waals surface area contributed by atoms with Crippen LogP contribution in [0.2, 0.25) is 5.02 Å². The van der Waals surface area contributed by atoms with Crippen LogP contribution in [-0.2, 0) is 0 Å². The lowest BCUT2D eigenvalue weighted by atomic mass is 9.76. The summed E-state index contributed by atoms with van der Waals surface area (Å²) in [6, 6.07) is 17.1. The molecule has 0 spiro atoms. The molecule has 0 heterocycles. The van der Waals surface area contributed by atoms with Gasteiger partial charge in [-0.2, -0.15) is 0 Å². The van der Waals surface area contributed by atoms with Crippen molar-refractivity contribution in [2.45, 2.75) is 24.8 Å². The van der Waals surface area contributed by atoms with E-state index in [-0.39, 0.29) is 0 Å². The molecule has 1 saturated carbocycles. The lowest BCUT2D eigenvalue weighted by Gasteiger charge is -2.37. The fraction of sp³-hybridized carbons (Fsp3) is 0.250. The van der Waals surface area contributed by atoms with Gasteiger partial charge in [0.1, 0.15) is 0 Å². The van der Waals surface area contributed by atoms with E-state index >= 15 is 0 Å². The summed E-state index contributed by atoms with van der Waals surface area (Å²) in [7, 11) is 0. The monoisotopic (exact) mass is 335 g/mol. The predicted octanol–water partition coefficient (Wildman–Crippen LogP) is 5.46. The highest BCUT2D eigenvalue weighted by Crippen LogP contribution is 2.39.